The number of thiophene rings is 1. The molecule has 1 heterocycles. The van der Waals surface area contributed by atoms with Crippen LogP contribution in [0.2, 0.25) is 0 Å². The number of nitrogens with one attached hydrogen (secondary N) is 1. The van der Waals surface area contributed by atoms with Crippen molar-refractivity contribution in [3.05, 3.63) is 52.2 Å². The summed E-state index contributed by atoms with van der Waals surface area (Å²) in [7, 11) is 0. The third-order valence-electron chi connectivity index (χ3n) is 3.24. The van der Waals surface area contributed by atoms with Gasteiger partial charge in [-0.15, -0.1) is 11.3 Å². The molecule has 1 N–H and O–H groups in total. The van der Waals surface area contributed by atoms with Gasteiger partial charge in [0.05, 0.1) is 18.1 Å². The second kappa shape index (κ2) is 8.11. The zero-order valence-electron chi connectivity index (χ0n) is 12.8. The van der Waals surface area contributed by atoms with Crippen LogP contribution in [0, 0.1) is 11.3 Å². The molecule has 1 aromatic carbocycles. The Morgan fingerprint density at radius 3 is 2.78 bits per heavy atom. The Bertz CT molecular complexity index is 720. The fourth-order valence-corrected chi connectivity index (χ4v) is 2.86. The highest BCUT2D eigenvalue weighted by Crippen LogP contribution is 2.15. The van der Waals surface area contributed by atoms with Gasteiger partial charge in [-0.05, 0) is 29.6 Å². The lowest BCUT2D eigenvalue weighted by molar-refractivity contribution is -0.120. The van der Waals surface area contributed by atoms with Crippen LogP contribution in [0.25, 0.3) is 0 Å². The normalized spacial score (nSPS) is 9.91. The average Bonchev–Trinajstić information content (AvgIpc) is 3.04. The van der Waals surface area contributed by atoms with Gasteiger partial charge in [-0.1, -0.05) is 12.1 Å². The molecule has 2 rings (SSSR count). The van der Waals surface area contributed by atoms with E-state index in [2.05, 4.69) is 11.4 Å². The Labute approximate surface area is 139 Å². The van der Waals surface area contributed by atoms with Crippen molar-refractivity contribution in [3.63, 3.8) is 0 Å². The highest BCUT2D eigenvalue weighted by atomic mass is 32.1. The smallest absolute Gasteiger partial charge is 0.225 e. The Kier molecular flexibility index (Phi) is 5.89. The number of amides is 2. The van der Waals surface area contributed by atoms with E-state index >= 15 is 0 Å². The van der Waals surface area contributed by atoms with Crippen LogP contribution in [-0.4, -0.2) is 24.9 Å². The van der Waals surface area contributed by atoms with Gasteiger partial charge in [0.2, 0.25) is 11.8 Å². The number of anilines is 1. The highest BCUT2D eigenvalue weighted by Gasteiger charge is 2.12. The molecule has 1 aromatic heterocycles. The predicted octanol–water partition coefficient (Wildman–Crippen LogP) is 2.33. The van der Waals surface area contributed by atoms with E-state index in [1.807, 2.05) is 17.5 Å². The Hall–Kier alpha value is -2.65. The van der Waals surface area contributed by atoms with E-state index in [1.54, 1.807) is 40.5 Å². The molecule has 0 unspecified atom stereocenters. The van der Waals surface area contributed by atoms with E-state index in [4.69, 9.17) is 5.26 Å². The molecule has 23 heavy (non-hydrogen) atoms. The molecule has 0 aliphatic rings. The van der Waals surface area contributed by atoms with Crippen molar-refractivity contribution in [2.24, 2.45) is 0 Å². The van der Waals surface area contributed by atoms with Gasteiger partial charge in [0.1, 0.15) is 0 Å². The van der Waals surface area contributed by atoms with Crippen LogP contribution in [-0.2, 0) is 16.0 Å². The first-order chi connectivity index (χ1) is 11.1. The van der Waals surface area contributed by atoms with Crippen LogP contribution in [0.5, 0.6) is 0 Å². The summed E-state index contributed by atoms with van der Waals surface area (Å²) in [5.41, 5.74) is 1.15. The second-order valence-corrected chi connectivity index (χ2v) is 5.97. The van der Waals surface area contributed by atoms with Gasteiger partial charge in [0.15, 0.2) is 0 Å². The van der Waals surface area contributed by atoms with E-state index in [9.17, 15) is 9.59 Å². The number of nitrogens with zero attached hydrogens (tertiary/aromatic N) is 2. The number of nitriles is 1. The monoisotopic (exact) mass is 327 g/mol. The van der Waals surface area contributed by atoms with E-state index in [-0.39, 0.29) is 11.8 Å². The molecule has 0 aliphatic heterocycles. The van der Waals surface area contributed by atoms with Gasteiger partial charge in [-0.3, -0.25) is 9.59 Å². The van der Waals surface area contributed by atoms with Gasteiger partial charge in [0.25, 0.3) is 0 Å². The fraction of sp³-hybridized carbons (Fsp3) is 0.235. The number of rotatable bonds is 6. The Morgan fingerprint density at radius 2 is 2.13 bits per heavy atom. The third kappa shape index (κ3) is 4.94. The maximum Gasteiger partial charge on any atom is 0.225 e. The van der Waals surface area contributed by atoms with E-state index < -0.39 is 0 Å². The van der Waals surface area contributed by atoms with Crippen molar-refractivity contribution in [1.82, 2.24) is 5.32 Å². The molecule has 2 amide bonds. The first-order valence-corrected chi connectivity index (χ1v) is 8.05. The van der Waals surface area contributed by atoms with Crippen LogP contribution >= 0.6 is 11.3 Å². The topological polar surface area (TPSA) is 73.2 Å². The summed E-state index contributed by atoms with van der Waals surface area (Å²) in [6, 6.07) is 12.7. The van der Waals surface area contributed by atoms with Crippen molar-refractivity contribution in [2.45, 2.75) is 13.3 Å². The van der Waals surface area contributed by atoms with Crippen LogP contribution in [0.15, 0.2) is 41.8 Å². The maximum atomic E-state index is 11.8. The van der Waals surface area contributed by atoms with Gasteiger partial charge in [-0.2, -0.15) is 5.26 Å². The second-order valence-electron chi connectivity index (χ2n) is 4.94. The molecule has 0 radical (unpaired) electrons. The number of hydrogen-bond acceptors (Lipinski definition) is 4. The minimum atomic E-state index is -0.132. The molecule has 0 bridgehead atoms. The van der Waals surface area contributed by atoms with E-state index in [1.165, 1.54) is 6.92 Å². The van der Waals surface area contributed by atoms with Crippen LogP contribution in [0.1, 0.15) is 17.4 Å². The standard InChI is InChI=1S/C17H17N3O2S/c1-13(21)20(15-5-2-4-14(10-15)12-18)8-7-19-17(22)11-16-6-3-9-23-16/h2-6,9-10H,7-8,11H2,1H3,(H,19,22). The number of carbonyl (C=O) groups is 2. The fourth-order valence-electron chi connectivity index (χ4n) is 2.15. The number of hydrogen-bond donors (Lipinski definition) is 1. The predicted molar refractivity (Wildman–Crippen MR) is 90.2 cm³/mol. The molecular formula is C17H17N3O2S. The van der Waals surface area contributed by atoms with Crippen molar-refractivity contribution < 1.29 is 9.59 Å². The lowest BCUT2D eigenvalue weighted by Crippen LogP contribution is -2.38. The largest absolute Gasteiger partial charge is 0.354 e. The Morgan fingerprint density at radius 1 is 1.30 bits per heavy atom. The molecule has 0 saturated heterocycles. The maximum absolute atomic E-state index is 11.8. The summed E-state index contributed by atoms with van der Waals surface area (Å²) in [5.74, 6) is -0.200. The summed E-state index contributed by atoms with van der Waals surface area (Å²) >= 11 is 1.54. The quantitative estimate of drug-likeness (QED) is 0.885. The molecule has 2 aromatic rings. The molecule has 0 saturated carbocycles. The zero-order chi connectivity index (χ0) is 16.7. The van der Waals surface area contributed by atoms with Gasteiger partial charge < -0.3 is 10.2 Å². The molecule has 6 heteroatoms. The summed E-state index contributed by atoms with van der Waals surface area (Å²) < 4.78 is 0. The summed E-state index contributed by atoms with van der Waals surface area (Å²) in [4.78, 5) is 26.2. The summed E-state index contributed by atoms with van der Waals surface area (Å²) in [6.45, 7) is 2.19. The molecule has 5 nitrogen and oxygen atoms in total. The molecule has 118 valence electrons. The van der Waals surface area contributed by atoms with Crippen molar-refractivity contribution >= 4 is 28.8 Å². The van der Waals surface area contributed by atoms with Crippen molar-refractivity contribution in [2.75, 3.05) is 18.0 Å². The highest BCUT2D eigenvalue weighted by molar-refractivity contribution is 7.10. The van der Waals surface area contributed by atoms with Crippen LogP contribution in [0.3, 0.4) is 0 Å². The van der Waals surface area contributed by atoms with Gasteiger partial charge in [-0.25, -0.2) is 0 Å². The average molecular weight is 327 g/mol. The third-order valence-corrected chi connectivity index (χ3v) is 4.12. The van der Waals surface area contributed by atoms with Gasteiger partial charge in [0, 0.05) is 30.6 Å². The summed E-state index contributed by atoms with van der Waals surface area (Å²) in [6.07, 6.45) is 0.349. The first kappa shape index (κ1) is 16.7. The summed E-state index contributed by atoms with van der Waals surface area (Å²) in [5, 5.41) is 13.7. The SMILES string of the molecule is CC(=O)N(CCNC(=O)Cc1cccs1)c1cccc(C#N)c1. The zero-order valence-corrected chi connectivity index (χ0v) is 13.6. The Balaban J connectivity index is 1.91. The van der Waals surface area contributed by atoms with Gasteiger partial charge >= 0.3 is 0 Å². The van der Waals surface area contributed by atoms with E-state index in [0.29, 0.717) is 30.8 Å². The van der Waals surface area contributed by atoms with Crippen molar-refractivity contribution in [3.8, 4) is 6.07 Å². The minimum absolute atomic E-state index is 0.0678. The molecule has 0 spiro atoms. The van der Waals surface area contributed by atoms with Crippen LogP contribution in [0.4, 0.5) is 5.69 Å². The lowest BCUT2D eigenvalue weighted by atomic mass is 10.2. The minimum Gasteiger partial charge on any atom is -0.354 e. The van der Waals surface area contributed by atoms with Crippen molar-refractivity contribution in [1.29, 1.82) is 5.26 Å². The van der Waals surface area contributed by atoms with E-state index in [0.717, 1.165) is 4.88 Å². The molecular weight excluding hydrogens is 310 g/mol. The molecule has 0 fully saturated rings. The van der Waals surface area contributed by atoms with Crippen LogP contribution < -0.4 is 10.2 Å². The lowest BCUT2D eigenvalue weighted by Gasteiger charge is -2.21. The number of carbonyl (C=O) groups excluding carboxylic acids is 2. The molecule has 0 atom stereocenters. The number of benzene rings is 1. The molecule has 0 aliphatic carbocycles. The first-order valence-electron chi connectivity index (χ1n) is 7.17.